The second-order valence-electron chi connectivity index (χ2n) is 8.01. The van der Waals surface area contributed by atoms with Crippen LogP contribution in [0, 0.1) is 0 Å². The summed E-state index contributed by atoms with van der Waals surface area (Å²) in [4.78, 5) is 2.60. The molecule has 0 spiro atoms. The first-order chi connectivity index (χ1) is 14.5. The highest BCUT2D eigenvalue weighted by Crippen LogP contribution is 2.32. The molecule has 1 aliphatic heterocycles. The van der Waals surface area contributed by atoms with Gasteiger partial charge in [-0.3, -0.25) is 4.90 Å². The Morgan fingerprint density at radius 1 is 1.00 bits per heavy atom. The normalized spacial score (nSPS) is 17.5. The third-order valence-electron chi connectivity index (χ3n) is 5.92. The molecule has 2 aromatic carbocycles. The van der Waals surface area contributed by atoms with E-state index in [1.807, 2.05) is 18.2 Å². The van der Waals surface area contributed by atoms with E-state index in [0.29, 0.717) is 5.75 Å². The van der Waals surface area contributed by atoms with Gasteiger partial charge in [0, 0.05) is 26.2 Å². The average Bonchev–Trinajstić information content (AvgIpc) is 2.78. The van der Waals surface area contributed by atoms with E-state index >= 15 is 0 Å². The molecule has 0 unspecified atom stereocenters. The summed E-state index contributed by atoms with van der Waals surface area (Å²) < 4.78 is 39.5. The van der Waals surface area contributed by atoms with Crippen LogP contribution in [0.1, 0.15) is 35.1 Å². The maximum absolute atomic E-state index is 13.0. The van der Waals surface area contributed by atoms with Crippen LogP contribution in [0.25, 0.3) is 0 Å². The Kier molecular flexibility index (Phi) is 6.73. The number of methoxy groups -OCH3 is 1. The molecule has 1 N–H and O–H groups in total. The van der Waals surface area contributed by atoms with Crippen LogP contribution in [-0.4, -0.2) is 46.7 Å². The average molecular weight is 431 g/mol. The Hall–Kier alpha value is -1.93. The molecule has 2 aliphatic rings. The van der Waals surface area contributed by atoms with Gasteiger partial charge in [-0.15, -0.1) is 0 Å². The van der Waals surface area contributed by atoms with Gasteiger partial charge in [-0.1, -0.05) is 24.3 Å². The van der Waals surface area contributed by atoms with Crippen molar-refractivity contribution in [3.05, 3.63) is 58.7 Å². The van der Waals surface area contributed by atoms with Gasteiger partial charge in [-0.2, -0.15) is 0 Å². The maximum atomic E-state index is 13.0. The number of nitrogens with one attached hydrogen (secondary N) is 1. The third-order valence-corrected chi connectivity index (χ3v) is 7.34. The minimum Gasteiger partial charge on any atom is -0.495 e. The van der Waals surface area contributed by atoms with Gasteiger partial charge in [-0.05, 0) is 60.1 Å². The van der Waals surface area contributed by atoms with Crippen molar-refractivity contribution < 1.29 is 17.9 Å². The van der Waals surface area contributed by atoms with Crippen LogP contribution >= 0.6 is 0 Å². The number of hydrogen-bond donors (Lipinski definition) is 1. The standard InChI is InChI=1S/C23H30N2O4S/c1-28-22-14-20-4-2-3-5-21(20)15-23(22)30(26,27)24-16-18-6-8-19(9-7-18)17-25-10-12-29-13-11-25/h6-9,14-15,24H,2-5,10-13,16-17H2,1H3. The molecular weight excluding hydrogens is 400 g/mol. The van der Waals surface area contributed by atoms with Crippen molar-refractivity contribution in [1.82, 2.24) is 9.62 Å². The van der Waals surface area contributed by atoms with Crippen LogP contribution in [0.2, 0.25) is 0 Å². The van der Waals surface area contributed by atoms with Crippen LogP contribution < -0.4 is 9.46 Å². The molecule has 1 saturated heterocycles. The first-order valence-corrected chi connectivity index (χ1v) is 12.1. The van der Waals surface area contributed by atoms with Gasteiger partial charge in [0.25, 0.3) is 0 Å². The monoisotopic (exact) mass is 430 g/mol. The Balaban J connectivity index is 1.42. The highest BCUT2D eigenvalue weighted by molar-refractivity contribution is 7.89. The zero-order chi connectivity index (χ0) is 21.0. The number of benzene rings is 2. The van der Waals surface area contributed by atoms with E-state index in [2.05, 4.69) is 21.8 Å². The van der Waals surface area contributed by atoms with E-state index in [1.54, 1.807) is 6.07 Å². The molecule has 7 heteroatoms. The maximum Gasteiger partial charge on any atom is 0.244 e. The summed E-state index contributed by atoms with van der Waals surface area (Å²) in [6.07, 6.45) is 4.15. The second kappa shape index (κ2) is 9.47. The molecule has 0 saturated carbocycles. The Morgan fingerprint density at radius 2 is 1.63 bits per heavy atom. The zero-order valence-electron chi connectivity index (χ0n) is 17.5. The molecule has 162 valence electrons. The van der Waals surface area contributed by atoms with Gasteiger partial charge < -0.3 is 9.47 Å². The van der Waals surface area contributed by atoms with Gasteiger partial charge in [0.05, 0.1) is 20.3 Å². The molecule has 30 heavy (non-hydrogen) atoms. The first-order valence-electron chi connectivity index (χ1n) is 10.6. The number of morpholine rings is 1. The van der Waals surface area contributed by atoms with Crippen LogP contribution in [0.3, 0.4) is 0 Å². The molecule has 0 aromatic heterocycles. The summed E-state index contributed by atoms with van der Waals surface area (Å²) in [5.41, 5.74) is 4.48. The van der Waals surface area contributed by atoms with Crippen LogP contribution in [0.5, 0.6) is 5.75 Å². The summed E-state index contributed by atoms with van der Waals surface area (Å²) in [6.45, 7) is 4.61. The summed E-state index contributed by atoms with van der Waals surface area (Å²) in [6, 6.07) is 11.8. The fraction of sp³-hybridized carbons (Fsp3) is 0.478. The SMILES string of the molecule is COc1cc2c(cc1S(=O)(=O)NCc1ccc(CN3CCOCC3)cc1)CCCC2. The molecule has 1 fully saturated rings. The first kappa shape index (κ1) is 21.3. The Labute approximate surface area is 179 Å². The highest BCUT2D eigenvalue weighted by atomic mass is 32.2. The quantitative estimate of drug-likeness (QED) is 0.732. The number of ether oxygens (including phenoxy) is 2. The summed E-state index contributed by atoms with van der Waals surface area (Å²) in [7, 11) is -2.14. The van der Waals surface area contributed by atoms with E-state index in [1.165, 1.54) is 18.2 Å². The minimum absolute atomic E-state index is 0.231. The Bertz CT molecular complexity index is 967. The second-order valence-corrected chi connectivity index (χ2v) is 9.74. The smallest absolute Gasteiger partial charge is 0.244 e. The Morgan fingerprint density at radius 3 is 2.30 bits per heavy atom. The molecular formula is C23H30N2O4S. The largest absolute Gasteiger partial charge is 0.495 e. The van der Waals surface area contributed by atoms with Crippen molar-refractivity contribution >= 4 is 10.0 Å². The van der Waals surface area contributed by atoms with Crippen molar-refractivity contribution in [3.63, 3.8) is 0 Å². The van der Waals surface area contributed by atoms with Crippen molar-refractivity contribution in [2.24, 2.45) is 0 Å². The van der Waals surface area contributed by atoms with Gasteiger partial charge in [0.2, 0.25) is 10.0 Å². The molecule has 0 bridgehead atoms. The molecule has 6 nitrogen and oxygen atoms in total. The lowest BCUT2D eigenvalue weighted by Crippen LogP contribution is -2.35. The molecule has 2 aromatic rings. The number of nitrogens with zero attached hydrogens (tertiary/aromatic N) is 1. The lowest BCUT2D eigenvalue weighted by atomic mass is 9.92. The fourth-order valence-electron chi connectivity index (χ4n) is 4.15. The van der Waals surface area contributed by atoms with Crippen LogP contribution in [0.15, 0.2) is 41.3 Å². The van der Waals surface area contributed by atoms with Gasteiger partial charge in [-0.25, -0.2) is 13.1 Å². The van der Waals surface area contributed by atoms with Gasteiger partial charge in [0.15, 0.2) is 0 Å². The van der Waals surface area contributed by atoms with Crippen molar-refractivity contribution in [1.29, 1.82) is 0 Å². The fourth-order valence-corrected chi connectivity index (χ4v) is 5.36. The minimum atomic E-state index is -3.66. The number of rotatable bonds is 7. The molecule has 0 amide bonds. The van der Waals surface area contributed by atoms with Crippen LogP contribution in [0.4, 0.5) is 0 Å². The lowest BCUT2D eigenvalue weighted by Gasteiger charge is -2.26. The summed E-state index contributed by atoms with van der Waals surface area (Å²) >= 11 is 0. The van der Waals surface area contributed by atoms with Crippen molar-refractivity contribution in [3.8, 4) is 5.75 Å². The lowest BCUT2D eigenvalue weighted by molar-refractivity contribution is 0.0342. The molecule has 4 rings (SSSR count). The predicted octanol–water partition coefficient (Wildman–Crippen LogP) is 2.88. The number of fused-ring (bicyclic) bond motifs is 1. The zero-order valence-corrected chi connectivity index (χ0v) is 18.3. The predicted molar refractivity (Wildman–Crippen MR) is 116 cm³/mol. The molecule has 0 atom stereocenters. The summed E-state index contributed by atoms with van der Waals surface area (Å²) in [5, 5.41) is 0. The molecule has 0 radical (unpaired) electrons. The van der Waals surface area contributed by atoms with E-state index in [4.69, 9.17) is 9.47 Å². The molecule has 1 aliphatic carbocycles. The van der Waals surface area contributed by atoms with E-state index in [0.717, 1.165) is 69.7 Å². The number of hydrogen-bond acceptors (Lipinski definition) is 5. The number of aryl methyl sites for hydroxylation is 2. The van der Waals surface area contributed by atoms with E-state index in [9.17, 15) is 8.42 Å². The third kappa shape index (κ3) is 5.03. The highest BCUT2D eigenvalue weighted by Gasteiger charge is 2.23. The summed E-state index contributed by atoms with van der Waals surface area (Å²) in [5.74, 6) is 0.420. The van der Waals surface area contributed by atoms with Gasteiger partial charge in [0.1, 0.15) is 10.6 Å². The number of sulfonamides is 1. The van der Waals surface area contributed by atoms with Crippen molar-refractivity contribution in [2.45, 2.75) is 43.7 Å². The van der Waals surface area contributed by atoms with E-state index < -0.39 is 10.0 Å². The van der Waals surface area contributed by atoms with Gasteiger partial charge >= 0.3 is 0 Å². The topological polar surface area (TPSA) is 67.9 Å². The van der Waals surface area contributed by atoms with Crippen LogP contribution in [-0.2, 0) is 40.7 Å². The molecule has 1 heterocycles. The van der Waals surface area contributed by atoms with E-state index in [-0.39, 0.29) is 11.4 Å². The van der Waals surface area contributed by atoms with Crippen molar-refractivity contribution in [2.75, 3.05) is 33.4 Å².